The summed E-state index contributed by atoms with van der Waals surface area (Å²) in [6, 6.07) is 3.59. The molecular formula is C14H17N5OS. The van der Waals surface area contributed by atoms with Gasteiger partial charge in [-0.15, -0.1) is 0 Å². The van der Waals surface area contributed by atoms with Gasteiger partial charge < -0.3 is 9.80 Å². The molecule has 6 nitrogen and oxygen atoms in total. The maximum atomic E-state index is 12.3. The number of pyridine rings is 1. The standard InChI is InChI=1S/C14H17N5OS/c1-2-12-16-14(21-17-12)19-8-6-18(7-9-19)13(20)11-4-3-5-15-10-11/h3-5,10H,2,6-9H2,1H3. The summed E-state index contributed by atoms with van der Waals surface area (Å²) in [4.78, 5) is 24.9. The first-order chi connectivity index (χ1) is 10.3. The average molecular weight is 303 g/mol. The summed E-state index contributed by atoms with van der Waals surface area (Å²) in [5.41, 5.74) is 0.648. The Balaban J connectivity index is 1.61. The average Bonchev–Trinajstić information content (AvgIpc) is 3.04. The third-order valence-electron chi connectivity index (χ3n) is 3.52. The molecule has 0 spiro atoms. The normalized spacial score (nSPS) is 15.3. The molecule has 0 unspecified atom stereocenters. The van der Waals surface area contributed by atoms with Crippen LogP contribution in [0.25, 0.3) is 0 Å². The first kappa shape index (κ1) is 13.9. The van der Waals surface area contributed by atoms with Gasteiger partial charge in [-0.2, -0.15) is 4.37 Å². The number of hydrogen-bond donors (Lipinski definition) is 0. The molecule has 0 aliphatic carbocycles. The Kier molecular flexibility index (Phi) is 4.10. The number of piperazine rings is 1. The van der Waals surface area contributed by atoms with E-state index in [1.807, 2.05) is 4.90 Å². The highest BCUT2D eigenvalue weighted by Crippen LogP contribution is 2.19. The van der Waals surface area contributed by atoms with Crippen LogP contribution < -0.4 is 4.90 Å². The van der Waals surface area contributed by atoms with Gasteiger partial charge in [0.05, 0.1) is 5.56 Å². The van der Waals surface area contributed by atoms with Crippen molar-refractivity contribution in [3.8, 4) is 0 Å². The summed E-state index contributed by atoms with van der Waals surface area (Å²) in [6.07, 6.45) is 4.15. The third kappa shape index (κ3) is 3.02. The van der Waals surface area contributed by atoms with E-state index < -0.39 is 0 Å². The second-order valence-corrected chi connectivity index (χ2v) is 5.60. The number of carbonyl (C=O) groups is 1. The van der Waals surface area contributed by atoms with Crippen LogP contribution in [0.2, 0.25) is 0 Å². The summed E-state index contributed by atoms with van der Waals surface area (Å²) < 4.78 is 4.31. The number of carbonyl (C=O) groups excluding carboxylic acids is 1. The maximum Gasteiger partial charge on any atom is 0.255 e. The smallest absolute Gasteiger partial charge is 0.255 e. The topological polar surface area (TPSA) is 62.2 Å². The molecule has 0 atom stereocenters. The molecule has 3 heterocycles. The molecule has 1 amide bonds. The Morgan fingerprint density at radius 1 is 1.33 bits per heavy atom. The number of hydrogen-bond acceptors (Lipinski definition) is 6. The fraction of sp³-hybridized carbons (Fsp3) is 0.429. The quantitative estimate of drug-likeness (QED) is 0.859. The zero-order chi connectivity index (χ0) is 14.7. The minimum Gasteiger partial charge on any atom is -0.343 e. The first-order valence-corrected chi connectivity index (χ1v) is 7.82. The van der Waals surface area contributed by atoms with Gasteiger partial charge in [0.2, 0.25) is 5.13 Å². The Labute approximate surface area is 127 Å². The van der Waals surface area contributed by atoms with Crippen molar-refractivity contribution in [2.24, 2.45) is 0 Å². The SMILES string of the molecule is CCc1nsc(N2CCN(C(=O)c3cccnc3)CC2)n1. The molecule has 21 heavy (non-hydrogen) atoms. The Bertz CT molecular complexity index is 607. The predicted octanol–water partition coefficient (Wildman–Crippen LogP) is 1.46. The number of aromatic nitrogens is 3. The van der Waals surface area contributed by atoms with Gasteiger partial charge in [0.1, 0.15) is 5.82 Å². The van der Waals surface area contributed by atoms with Crippen LogP contribution in [-0.4, -0.2) is 51.3 Å². The van der Waals surface area contributed by atoms with Gasteiger partial charge in [-0.25, -0.2) is 4.98 Å². The molecule has 0 N–H and O–H groups in total. The molecule has 2 aromatic rings. The summed E-state index contributed by atoms with van der Waals surface area (Å²) >= 11 is 1.44. The Morgan fingerprint density at radius 2 is 2.14 bits per heavy atom. The summed E-state index contributed by atoms with van der Waals surface area (Å²) in [5, 5.41) is 0.959. The zero-order valence-electron chi connectivity index (χ0n) is 11.9. The zero-order valence-corrected chi connectivity index (χ0v) is 12.7. The van der Waals surface area contributed by atoms with E-state index in [1.54, 1.807) is 24.5 Å². The lowest BCUT2D eigenvalue weighted by Gasteiger charge is -2.34. The summed E-state index contributed by atoms with van der Waals surface area (Å²) in [7, 11) is 0. The van der Waals surface area contributed by atoms with Crippen molar-refractivity contribution in [3.05, 3.63) is 35.9 Å². The molecule has 2 aromatic heterocycles. The van der Waals surface area contributed by atoms with E-state index in [9.17, 15) is 4.79 Å². The molecule has 7 heteroatoms. The predicted molar refractivity (Wildman–Crippen MR) is 81.6 cm³/mol. The Morgan fingerprint density at radius 3 is 2.76 bits per heavy atom. The number of rotatable bonds is 3. The van der Waals surface area contributed by atoms with Crippen molar-refractivity contribution < 1.29 is 4.79 Å². The van der Waals surface area contributed by atoms with Gasteiger partial charge in [-0.05, 0) is 12.1 Å². The van der Waals surface area contributed by atoms with E-state index >= 15 is 0 Å². The molecule has 3 rings (SSSR count). The Hall–Kier alpha value is -2.02. The van der Waals surface area contributed by atoms with Crippen LogP contribution in [-0.2, 0) is 6.42 Å². The van der Waals surface area contributed by atoms with Gasteiger partial charge in [0, 0.05) is 56.5 Å². The van der Waals surface area contributed by atoms with E-state index in [0.717, 1.165) is 30.5 Å². The lowest BCUT2D eigenvalue weighted by molar-refractivity contribution is 0.0746. The van der Waals surface area contributed by atoms with Crippen LogP contribution in [0.1, 0.15) is 23.1 Å². The van der Waals surface area contributed by atoms with E-state index in [1.165, 1.54) is 11.5 Å². The highest BCUT2D eigenvalue weighted by molar-refractivity contribution is 7.09. The molecule has 1 fully saturated rings. The van der Waals surface area contributed by atoms with Crippen molar-refractivity contribution in [1.29, 1.82) is 0 Å². The number of nitrogens with zero attached hydrogens (tertiary/aromatic N) is 5. The molecule has 1 aliphatic rings. The minimum atomic E-state index is 0.0502. The summed E-state index contributed by atoms with van der Waals surface area (Å²) in [5.74, 6) is 0.943. The number of anilines is 1. The highest BCUT2D eigenvalue weighted by Gasteiger charge is 2.23. The molecule has 1 saturated heterocycles. The lowest BCUT2D eigenvalue weighted by Crippen LogP contribution is -2.48. The van der Waals surface area contributed by atoms with E-state index in [4.69, 9.17) is 0 Å². The molecule has 0 bridgehead atoms. The maximum absolute atomic E-state index is 12.3. The summed E-state index contributed by atoms with van der Waals surface area (Å²) in [6.45, 7) is 5.05. The van der Waals surface area contributed by atoms with Crippen LogP contribution >= 0.6 is 11.5 Å². The van der Waals surface area contributed by atoms with E-state index in [2.05, 4.69) is 26.2 Å². The molecule has 0 aromatic carbocycles. The number of aryl methyl sites for hydroxylation is 1. The van der Waals surface area contributed by atoms with E-state index in [0.29, 0.717) is 18.7 Å². The van der Waals surface area contributed by atoms with Crippen LogP contribution in [0.5, 0.6) is 0 Å². The van der Waals surface area contributed by atoms with Crippen LogP contribution in [0.15, 0.2) is 24.5 Å². The van der Waals surface area contributed by atoms with Crippen molar-refractivity contribution in [1.82, 2.24) is 19.2 Å². The van der Waals surface area contributed by atoms with Crippen molar-refractivity contribution in [2.45, 2.75) is 13.3 Å². The molecule has 110 valence electrons. The van der Waals surface area contributed by atoms with Gasteiger partial charge in [0.25, 0.3) is 5.91 Å². The van der Waals surface area contributed by atoms with Crippen LogP contribution in [0, 0.1) is 0 Å². The van der Waals surface area contributed by atoms with Crippen molar-refractivity contribution in [2.75, 3.05) is 31.1 Å². The van der Waals surface area contributed by atoms with Gasteiger partial charge in [-0.3, -0.25) is 9.78 Å². The largest absolute Gasteiger partial charge is 0.343 e. The third-order valence-corrected chi connectivity index (χ3v) is 4.33. The fourth-order valence-electron chi connectivity index (χ4n) is 2.29. The second-order valence-electron chi connectivity index (χ2n) is 4.87. The molecule has 0 saturated carbocycles. The second kappa shape index (κ2) is 6.17. The fourth-order valence-corrected chi connectivity index (χ4v) is 3.09. The minimum absolute atomic E-state index is 0.0502. The van der Waals surface area contributed by atoms with Gasteiger partial charge in [0.15, 0.2) is 0 Å². The van der Waals surface area contributed by atoms with Crippen molar-refractivity contribution >= 4 is 22.6 Å². The molecular weight excluding hydrogens is 286 g/mol. The van der Waals surface area contributed by atoms with Crippen LogP contribution in [0.3, 0.4) is 0 Å². The molecule has 0 radical (unpaired) electrons. The van der Waals surface area contributed by atoms with Gasteiger partial charge >= 0.3 is 0 Å². The van der Waals surface area contributed by atoms with Crippen molar-refractivity contribution in [3.63, 3.8) is 0 Å². The van der Waals surface area contributed by atoms with Crippen LogP contribution in [0.4, 0.5) is 5.13 Å². The highest BCUT2D eigenvalue weighted by atomic mass is 32.1. The molecule has 1 aliphatic heterocycles. The lowest BCUT2D eigenvalue weighted by atomic mass is 10.2. The monoisotopic (exact) mass is 303 g/mol. The number of amides is 1. The van der Waals surface area contributed by atoms with Gasteiger partial charge in [-0.1, -0.05) is 6.92 Å². The van der Waals surface area contributed by atoms with E-state index in [-0.39, 0.29) is 5.91 Å². The first-order valence-electron chi connectivity index (χ1n) is 7.04.